The molecule has 1 aromatic rings. The molecule has 22 heavy (non-hydrogen) atoms. The van der Waals surface area contributed by atoms with E-state index in [4.69, 9.17) is 9.84 Å². The van der Waals surface area contributed by atoms with Crippen molar-refractivity contribution in [3.05, 3.63) is 36.9 Å². The number of aliphatic hydroxyl groups is 1. The van der Waals surface area contributed by atoms with E-state index in [2.05, 4.69) is 17.2 Å². The molecule has 0 saturated heterocycles. The van der Waals surface area contributed by atoms with Crippen molar-refractivity contribution in [2.24, 2.45) is 0 Å². The minimum atomic E-state index is -0.707. The Hall–Kier alpha value is -2.34. The molecule has 0 heterocycles. The van der Waals surface area contributed by atoms with Gasteiger partial charge in [0.15, 0.2) is 0 Å². The van der Waals surface area contributed by atoms with Gasteiger partial charge in [0.1, 0.15) is 12.4 Å². The number of amides is 2. The maximum atomic E-state index is 11.7. The first-order valence-corrected chi connectivity index (χ1v) is 7.21. The highest BCUT2D eigenvalue weighted by atomic mass is 16.5. The van der Waals surface area contributed by atoms with Crippen LogP contribution in [0.25, 0.3) is 0 Å². The van der Waals surface area contributed by atoms with Crippen LogP contribution in [0.15, 0.2) is 36.9 Å². The molecule has 6 nitrogen and oxygen atoms in total. The summed E-state index contributed by atoms with van der Waals surface area (Å²) in [7, 11) is 0. The summed E-state index contributed by atoms with van der Waals surface area (Å²) in [5.74, 6) is -0.718. The Labute approximate surface area is 130 Å². The Morgan fingerprint density at radius 3 is 2.50 bits per heavy atom. The number of nitrogens with one attached hydrogen (secondary N) is 2. The monoisotopic (exact) mass is 306 g/mol. The van der Waals surface area contributed by atoms with Gasteiger partial charge in [-0.2, -0.15) is 0 Å². The Morgan fingerprint density at radius 1 is 1.14 bits per heavy atom. The topological polar surface area (TPSA) is 87.7 Å². The zero-order valence-electron chi connectivity index (χ0n) is 12.5. The molecule has 3 N–H and O–H groups in total. The summed E-state index contributed by atoms with van der Waals surface area (Å²) >= 11 is 0. The van der Waals surface area contributed by atoms with Crippen LogP contribution in [-0.4, -0.2) is 36.7 Å². The molecule has 0 radical (unpaired) electrons. The summed E-state index contributed by atoms with van der Waals surface area (Å²) in [5, 5.41) is 13.7. The molecule has 120 valence electrons. The molecule has 1 rings (SSSR count). The van der Waals surface area contributed by atoms with Crippen molar-refractivity contribution in [1.29, 1.82) is 0 Å². The van der Waals surface area contributed by atoms with E-state index in [1.54, 1.807) is 30.3 Å². The Kier molecular flexibility index (Phi) is 8.37. The highest BCUT2D eigenvalue weighted by molar-refractivity contribution is 6.39. The van der Waals surface area contributed by atoms with Gasteiger partial charge >= 0.3 is 11.8 Å². The SMILES string of the molecule is C=CCOc1ccc(NC(=O)C(=O)NCCCCCO)cc1. The molecule has 0 bridgehead atoms. The minimum absolute atomic E-state index is 0.140. The number of carbonyl (C=O) groups is 2. The van der Waals surface area contributed by atoms with Crippen molar-refractivity contribution in [2.45, 2.75) is 19.3 Å². The average Bonchev–Trinajstić information content (AvgIpc) is 2.53. The predicted octanol–water partition coefficient (Wildman–Crippen LogP) is 1.47. The number of aliphatic hydroxyl groups excluding tert-OH is 1. The van der Waals surface area contributed by atoms with Crippen molar-refractivity contribution in [2.75, 3.05) is 25.1 Å². The highest BCUT2D eigenvalue weighted by Crippen LogP contribution is 2.15. The molecule has 6 heteroatoms. The largest absolute Gasteiger partial charge is 0.490 e. The third kappa shape index (κ3) is 6.90. The number of ether oxygens (including phenoxy) is 1. The van der Waals surface area contributed by atoms with Crippen molar-refractivity contribution >= 4 is 17.5 Å². The first kappa shape index (κ1) is 17.7. The number of hydrogen-bond donors (Lipinski definition) is 3. The van der Waals surface area contributed by atoms with Crippen LogP contribution in [-0.2, 0) is 9.59 Å². The fraction of sp³-hybridized carbons (Fsp3) is 0.375. The second-order valence-electron chi connectivity index (χ2n) is 4.62. The van der Waals surface area contributed by atoms with E-state index in [0.717, 1.165) is 12.8 Å². The van der Waals surface area contributed by atoms with E-state index in [1.165, 1.54) is 0 Å². The molecule has 0 saturated carbocycles. The van der Waals surface area contributed by atoms with Gasteiger partial charge in [-0.15, -0.1) is 0 Å². The van der Waals surface area contributed by atoms with Crippen LogP contribution in [0, 0.1) is 0 Å². The van der Waals surface area contributed by atoms with Crippen LogP contribution in [0.4, 0.5) is 5.69 Å². The standard InChI is InChI=1S/C16H22N2O4/c1-2-12-22-14-8-6-13(7-9-14)18-16(21)15(20)17-10-4-3-5-11-19/h2,6-9,19H,1,3-5,10-12H2,(H,17,20)(H,18,21). The van der Waals surface area contributed by atoms with E-state index in [1.807, 2.05) is 0 Å². The van der Waals surface area contributed by atoms with E-state index >= 15 is 0 Å². The fourth-order valence-electron chi connectivity index (χ4n) is 1.67. The maximum absolute atomic E-state index is 11.7. The van der Waals surface area contributed by atoms with Crippen molar-refractivity contribution in [1.82, 2.24) is 5.32 Å². The second kappa shape index (κ2) is 10.4. The summed E-state index contributed by atoms with van der Waals surface area (Å²) in [4.78, 5) is 23.3. The van der Waals surface area contributed by atoms with Gasteiger partial charge in [-0.05, 0) is 43.5 Å². The van der Waals surface area contributed by atoms with Gasteiger partial charge in [0.2, 0.25) is 0 Å². The summed E-state index contributed by atoms with van der Waals surface area (Å²) in [6, 6.07) is 6.72. The zero-order chi connectivity index (χ0) is 16.2. The van der Waals surface area contributed by atoms with Gasteiger partial charge < -0.3 is 20.5 Å². The first-order valence-electron chi connectivity index (χ1n) is 7.21. The molecular weight excluding hydrogens is 284 g/mol. The van der Waals surface area contributed by atoms with Gasteiger partial charge in [-0.1, -0.05) is 12.7 Å². The first-order chi connectivity index (χ1) is 10.7. The van der Waals surface area contributed by atoms with E-state index < -0.39 is 11.8 Å². The Balaban J connectivity index is 2.34. The number of rotatable bonds is 9. The summed E-state index contributed by atoms with van der Waals surface area (Å²) in [6.07, 6.45) is 3.88. The molecule has 0 fully saturated rings. The Bertz CT molecular complexity index is 485. The molecule has 0 aromatic heterocycles. The van der Waals surface area contributed by atoms with Crippen LogP contribution in [0.2, 0.25) is 0 Å². The minimum Gasteiger partial charge on any atom is -0.490 e. The van der Waals surface area contributed by atoms with Crippen LogP contribution in [0.5, 0.6) is 5.75 Å². The molecule has 2 amide bonds. The second-order valence-corrected chi connectivity index (χ2v) is 4.62. The third-order valence-corrected chi connectivity index (χ3v) is 2.81. The van der Waals surface area contributed by atoms with Gasteiger partial charge in [-0.25, -0.2) is 0 Å². The lowest BCUT2D eigenvalue weighted by Crippen LogP contribution is -2.35. The van der Waals surface area contributed by atoms with Crippen molar-refractivity contribution in [3.8, 4) is 5.75 Å². The van der Waals surface area contributed by atoms with Crippen LogP contribution in [0.3, 0.4) is 0 Å². The molecule has 0 aliphatic carbocycles. The normalized spacial score (nSPS) is 9.86. The molecule has 0 unspecified atom stereocenters. The van der Waals surface area contributed by atoms with Crippen molar-refractivity contribution < 1.29 is 19.4 Å². The van der Waals surface area contributed by atoms with Crippen LogP contribution < -0.4 is 15.4 Å². The molecule has 1 aromatic carbocycles. The Morgan fingerprint density at radius 2 is 1.86 bits per heavy atom. The maximum Gasteiger partial charge on any atom is 0.313 e. The van der Waals surface area contributed by atoms with Crippen molar-refractivity contribution in [3.63, 3.8) is 0 Å². The quantitative estimate of drug-likeness (QED) is 0.366. The number of anilines is 1. The van der Waals surface area contributed by atoms with Crippen LogP contribution >= 0.6 is 0 Å². The lowest BCUT2D eigenvalue weighted by Gasteiger charge is -2.07. The summed E-state index contributed by atoms with van der Waals surface area (Å²) in [6.45, 7) is 4.52. The molecule has 0 spiro atoms. The smallest absolute Gasteiger partial charge is 0.313 e. The predicted molar refractivity (Wildman–Crippen MR) is 84.7 cm³/mol. The van der Waals surface area contributed by atoms with Gasteiger partial charge in [0.05, 0.1) is 0 Å². The molecular formula is C16H22N2O4. The molecule has 0 aliphatic heterocycles. The number of hydrogen-bond acceptors (Lipinski definition) is 4. The van der Waals surface area contributed by atoms with Gasteiger partial charge in [0, 0.05) is 18.8 Å². The number of benzene rings is 1. The van der Waals surface area contributed by atoms with E-state index in [0.29, 0.717) is 31.0 Å². The average molecular weight is 306 g/mol. The van der Waals surface area contributed by atoms with E-state index in [9.17, 15) is 9.59 Å². The number of carbonyl (C=O) groups excluding carboxylic acids is 2. The summed E-state index contributed by atoms with van der Waals surface area (Å²) < 4.78 is 5.32. The van der Waals surface area contributed by atoms with E-state index in [-0.39, 0.29) is 6.61 Å². The lowest BCUT2D eigenvalue weighted by molar-refractivity contribution is -0.136. The third-order valence-electron chi connectivity index (χ3n) is 2.81. The number of unbranched alkanes of at least 4 members (excludes halogenated alkanes) is 2. The highest BCUT2D eigenvalue weighted by Gasteiger charge is 2.12. The van der Waals surface area contributed by atoms with Gasteiger partial charge in [-0.3, -0.25) is 9.59 Å². The molecule has 0 aliphatic rings. The van der Waals surface area contributed by atoms with Crippen LogP contribution in [0.1, 0.15) is 19.3 Å². The molecule has 0 atom stereocenters. The zero-order valence-corrected chi connectivity index (χ0v) is 12.5. The lowest BCUT2D eigenvalue weighted by atomic mass is 10.2. The fourth-order valence-corrected chi connectivity index (χ4v) is 1.67. The summed E-state index contributed by atoms with van der Waals surface area (Å²) in [5.41, 5.74) is 0.520. The van der Waals surface area contributed by atoms with Gasteiger partial charge in [0.25, 0.3) is 0 Å².